The number of primary amides is 1. The molecule has 2 heterocycles. The largest absolute Gasteiger partial charge is 0.444 e. The van der Waals surface area contributed by atoms with E-state index in [1.807, 2.05) is 19.1 Å². The van der Waals surface area contributed by atoms with E-state index < -0.39 is 29.5 Å². The molecule has 0 aliphatic heterocycles. The molecule has 38 heavy (non-hydrogen) atoms. The number of nitrogens with two attached hydrogens (primary N) is 1. The van der Waals surface area contributed by atoms with Crippen molar-refractivity contribution in [3.63, 3.8) is 0 Å². The topological polar surface area (TPSA) is 139 Å². The summed E-state index contributed by atoms with van der Waals surface area (Å²) in [6.45, 7) is 8.57. The van der Waals surface area contributed by atoms with E-state index in [0.29, 0.717) is 52.9 Å². The molecule has 0 bridgehead atoms. The van der Waals surface area contributed by atoms with Crippen molar-refractivity contribution in [3.8, 4) is 10.4 Å². The van der Waals surface area contributed by atoms with Crippen molar-refractivity contribution in [2.45, 2.75) is 52.4 Å². The molecule has 3 rings (SSSR count). The van der Waals surface area contributed by atoms with Crippen LogP contribution in [0.4, 0.5) is 20.0 Å². The quantitative estimate of drug-likeness (QED) is 0.218. The first kappa shape index (κ1) is 29.0. The van der Waals surface area contributed by atoms with E-state index in [2.05, 4.69) is 20.9 Å². The van der Waals surface area contributed by atoms with Crippen molar-refractivity contribution in [2.24, 2.45) is 5.73 Å². The van der Waals surface area contributed by atoms with Crippen molar-refractivity contribution in [1.82, 2.24) is 15.6 Å². The lowest BCUT2D eigenvalue weighted by molar-refractivity contribution is 0.0528. The van der Waals surface area contributed by atoms with E-state index in [4.69, 9.17) is 10.5 Å². The molecule has 1 aromatic carbocycles. The number of aliphatic hydroxyl groups excluding tert-OH is 1. The van der Waals surface area contributed by atoms with Gasteiger partial charge < -0.3 is 31.5 Å². The number of alkyl carbamates (subject to hydrolysis) is 1. The average Bonchev–Trinajstić information content (AvgIpc) is 3.26. The maximum atomic E-state index is 14.9. The van der Waals surface area contributed by atoms with Crippen molar-refractivity contribution in [3.05, 3.63) is 65.1 Å². The Kier molecular flexibility index (Phi) is 9.78. The summed E-state index contributed by atoms with van der Waals surface area (Å²) in [5, 5.41) is 19.4. The number of carbonyl (C=O) groups excluding carboxylic acids is 2. The Labute approximate surface area is 225 Å². The van der Waals surface area contributed by atoms with Crippen LogP contribution in [-0.4, -0.2) is 40.8 Å². The number of amides is 2. The zero-order valence-electron chi connectivity index (χ0n) is 21.9. The summed E-state index contributed by atoms with van der Waals surface area (Å²) in [6.07, 6.45) is -0.740. The van der Waals surface area contributed by atoms with Gasteiger partial charge in [0.05, 0.1) is 17.4 Å². The smallest absolute Gasteiger partial charge is 0.407 e. The third kappa shape index (κ3) is 8.23. The van der Waals surface area contributed by atoms with Crippen LogP contribution in [-0.2, 0) is 11.3 Å². The number of carbonyl (C=O) groups is 2. The summed E-state index contributed by atoms with van der Waals surface area (Å²) in [5.74, 6) is -0.649. The van der Waals surface area contributed by atoms with Gasteiger partial charge in [-0.15, -0.1) is 11.3 Å². The minimum atomic E-state index is -0.741. The second-order valence-electron chi connectivity index (χ2n) is 9.63. The van der Waals surface area contributed by atoms with Gasteiger partial charge in [0.1, 0.15) is 22.2 Å². The number of benzene rings is 1. The lowest BCUT2D eigenvalue weighted by Gasteiger charge is -2.19. The van der Waals surface area contributed by atoms with Crippen LogP contribution >= 0.6 is 11.3 Å². The molecule has 2 amide bonds. The van der Waals surface area contributed by atoms with Crippen molar-refractivity contribution >= 4 is 34.2 Å². The van der Waals surface area contributed by atoms with Crippen LogP contribution in [0.1, 0.15) is 61.8 Å². The second kappa shape index (κ2) is 12.8. The minimum Gasteiger partial charge on any atom is -0.444 e. The number of aromatic nitrogens is 1. The molecule has 0 radical (unpaired) electrons. The van der Waals surface area contributed by atoms with Crippen LogP contribution in [0, 0.1) is 5.82 Å². The monoisotopic (exact) mass is 543 g/mol. The molecule has 3 aromatic rings. The highest BCUT2D eigenvalue weighted by Crippen LogP contribution is 2.38. The number of nitrogens with one attached hydrogen (secondary N) is 3. The second-order valence-corrected chi connectivity index (χ2v) is 10.7. The van der Waals surface area contributed by atoms with Crippen LogP contribution in [0.25, 0.3) is 10.4 Å². The fourth-order valence-electron chi connectivity index (χ4n) is 3.52. The minimum absolute atomic E-state index is 0.223. The van der Waals surface area contributed by atoms with E-state index in [9.17, 15) is 19.1 Å². The molecule has 1 unspecified atom stereocenters. The molecule has 9 nitrogen and oxygen atoms in total. The Bertz CT molecular complexity index is 1270. The SMILES string of the molecule is CCC(O)c1ccc(-c2cc(C(N)=O)c(Nc3cccc(CNCCNC(=O)OC(C)(C)C)n3)s2)c(F)c1. The molecule has 0 saturated carbocycles. The van der Waals surface area contributed by atoms with Gasteiger partial charge in [-0.3, -0.25) is 4.79 Å². The summed E-state index contributed by atoms with van der Waals surface area (Å²) in [6, 6.07) is 11.5. The summed E-state index contributed by atoms with van der Waals surface area (Å²) >= 11 is 1.18. The number of ether oxygens (including phenoxy) is 1. The predicted molar refractivity (Wildman–Crippen MR) is 147 cm³/mol. The third-order valence-corrected chi connectivity index (χ3v) is 6.44. The van der Waals surface area contributed by atoms with E-state index in [0.717, 1.165) is 5.69 Å². The molecular formula is C27H34FN5O4S. The summed E-state index contributed by atoms with van der Waals surface area (Å²) < 4.78 is 20.0. The highest BCUT2D eigenvalue weighted by molar-refractivity contribution is 7.19. The Balaban J connectivity index is 1.65. The first-order chi connectivity index (χ1) is 18.0. The van der Waals surface area contributed by atoms with Crippen LogP contribution in [0.2, 0.25) is 0 Å². The number of anilines is 2. The molecule has 0 spiro atoms. The van der Waals surface area contributed by atoms with Gasteiger partial charge in [0, 0.05) is 30.1 Å². The van der Waals surface area contributed by atoms with Gasteiger partial charge in [-0.2, -0.15) is 0 Å². The molecule has 0 aliphatic carbocycles. The number of nitrogens with zero attached hydrogens (tertiary/aromatic N) is 1. The number of pyridine rings is 1. The molecule has 0 saturated heterocycles. The molecule has 1 atom stereocenters. The highest BCUT2D eigenvalue weighted by Gasteiger charge is 2.19. The molecule has 11 heteroatoms. The Morgan fingerprint density at radius 1 is 1.18 bits per heavy atom. The summed E-state index contributed by atoms with van der Waals surface area (Å²) in [4.78, 5) is 28.9. The Morgan fingerprint density at radius 2 is 1.95 bits per heavy atom. The van der Waals surface area contributed by atoms with Crippen LogP contribution < -0.4 is 21.7 Å². The van der Waals surface area contributed by atoms with Gasteiger partial charge >= 0.3 is 6.09 Å². The van der Waals surface area contributed by atoms with Gasteiger partial charge in [0.15, 0.2) is 0 Å². The number of hydrogen-bond donors (Lipinski definition) is 5. The van der Waals surface area contributed by atoms with Crippen LogP contribution in [0.3, 0.4) is 0 Å². The van der Waals surface area contributed by atoms with E-state index in [-0.39, 0.29) is 5.56 Å². The number of thiophene rings is 1. The third-order valence-electron chi connectivity index (χ3n) is 5.35. The molecule has 0 fully saturated rings. The van der Waals surface area contributed by atoms with E-state index in [1.54, 1.807) is 45.0 Å². The lowest BCUT2D eigenvalue weighted by Crippen LogP contribution is -2.36. The molecule has 0 aliphatic rings. The van der Waals surface area contributed by atoms with E-state index in [1.165, 1.54) is 17.4 Å². The van der Waals surface area contributed by atoms with Crippen molar-refractivity contribution in [2.75, 3.05) is 18.4 Å². The van der Waals surface area contributed by atoms with Gasteiger partial charge in [0.25, 0.3) is 5.91 Å². The first-order valence-electron chi connectivity index (χ1n) is 12.3. The summed E-state index contributed by atoms with van der Waals surface area (Å²) in [5.41, 5.74) is 6.80. The Hall–Kier alpha value is -3.54. The van der Waals surface area contributed by atoms with Gasteiger partial charge in [0.2, 0.25) is 0 Å². The normalized spacial score (nSPS) is 12.2. The Morgan fingerprint density at radius 3 is 2.61 bits per heavy atom. The van der Waals surface area contributed by atoms with Gasteiger partial charge in [-0.1, -0.05) is 25.1 Å². The van der Waals surface area contributed by atoms with Crippen LogP contribution in [0.15, 0.2) is 42.5 Å². The standard InChI is InChI=1S/C27H34FN5O4S/c1-5-21(34)16-9-10-18(20(28)13-16)22-14-19(24(29)35)25(38-22)33-23-8-6-7-17(32-23)15-30-11-12-31-26(36)37-27(2,3)4/h6-10,13-14,21,30,34H,5,11-12,15H2,1-4H3,(H2,29,35)(H,31,36)(H,32,33). The zero-order valence-corrected chi connectivity index (χ0v) is 22.7. The molecular weight excluding hydrogens is 509 g/mol. The summed E-state index contributed by atoms with van der Waals surface area (Å²) in [7, 11) is 0. The van der Waals surface area contributed by atoms with E-state index >= 15 is 0 Å². The van der Waals surface area contributed by atoms with Crippen molar-refractivity contribution in [1.29, 1.82) is 0 Å². The molecule has 2 aromatic heterocycles. The van der Waals surface area contributed by atoms with Gasteiger partial charge in [-0.25, -0.2) is 14.2 Å². The van der Waals surface area contributed by atoms with Crippen molar-refractivity contribution < 1.29 is 23.8 Å². The fourth-order valence-corrected chi connectivity index (χ4v) is 4.62. The highest BCUT2D eigenvalue weighted by atomic mass is 32.1. The maximum absolute atomic E-state index is 14.9. The number of aliphatic hydroxyl groups is 1. The maximum Gasteiger partial charge on any atom is 0.407 e. The number of halogens is 1. The predicted octanol–water partition coefficient (Wildman–Crippen LogP) is 4.85. The number of hydrogen-bond acceptors (Lipinski definition) is 8. The molecule has 204 valence electrons. The lowest BCUT2D eigenvalue weighted by atomic mass is 10.0. The fraction of sp³-hybridized carbons (Fsp3) is 0.370. The zero-order chi connectivity index (χ0) is 27.9. The van der Waals surface area contributed by atoms with Gasteiger partial charge in [-0.05, 0) is 57.0 Å². The molecule has 6 N–H and O–H groups in total. The first-order valence-corrected chi connectivity index (χ1v) is 13.1. The van der Waals surface area contributed by atoms with Crippen LogP contribution in [0.5, 0.6) is 0 Å². The average molecular weight is 544 g/mol. The number of rotatable bonds is 11.